The van der Waals surface area contributed by atoms with Gasteiger partial charge >= 0.3 is 6.01 Å². The number of benzene rings is 1. The van der Waals surface area contributed by atoms with Gasteiger partial charge in [0.05, 0.1) is 17.8 Å². The lowest BCUT2D eigenvalue weighted by Gasteiger charge is -2.12. The van der Waals surface area contributed by atoms with E-state index in [-0.39, 0.29) is 36.7 Å². The van der Waals surface area contributed by atoms with Crippen molar-refractivity contribution in [3.05, 3.63) is 53.2 Å². The van der Waals surface area contributed by atoms with Crippen LogP contribution in [0.2, 0.25) is 0 Å². The van der Waals surface area contributed by atoms with Gasteiger partial charge in [-0.2, -0.15) is 4.98 Å². The predicted octanol–water partition coefficient (Wildman–Crippen LogP) is 2.39. The molecule has 150 valence electrons. The number of carbonyl (C=O) groups is 1. The van der Waals surface area contributed by atoms with Gasteiger partial charge in [-0.1, -0.05) is 6.07 Å². The van der Waals surface area contributed by atoms with Crippen LogP contribution in [0.25, 0.3) is 0 Å². The topological polar surface area (TPSA) is 132 Å². The van der Waals surface area contributed by atoms with E-state index in [1.165, 1.54) is 6.20 Å². The maximum absolute atomic E-state index is 11.4. The van der Waals surface area contributed by atoms with Crippen molar-refractivity contribution in [3.8, 4) is 29.1 Å². The molecule has 0 saturated carbocycles. The Morgan fingerprint density at radius 1 is 1.07 bits per heavy atom. The molecule has 2 N–H and O–H groups in total. The molecule has 0 aliphatic rings. The van der Waals surface area contributed by atoms with Crippen LogP contribution in [-0.4, -0.2) is 46.2 Å². The Labute approximate surface area is 174 Å². The third-order valence-electron chi connectivity index (χ3n) is 3.36. The minimum absolute atomic E-state index is 0.0388. The normalized spacial score (nSPS) is 10.3. The second-order valence-corrected chi connectivity index (χ2v) is 6.30. The zero-order valence-corrected chi connectivity index (χ0v) is 16.8. The Hall–Kier alpha value is -3.47. The summed E-state index contributed by atoms with van der Waals surface area (Å²) in [6, 6.07) is 7.14. The maximum Gasteiger partial charge on any atom is 0.316 e. The highest BCUT2D eigenvalue weighted by Crippen LogP contribution is 2.30. The maximum atomic E-state index is 11.4. The van der Waals surface area contributed by atoms with Crippen LogP contribution >= 0.6 is 15.9 Å². The molecule has 29 heavy (non-hydrogen) atoms. The molecule has 1 amide bonds. The van der Waals surface area contributed by atoms with Crippen molar-refractivity contribution in [1.29, 1.82) is 0 Å². The van der Waals surface area contributed by atoms with E-state index in [1.54, 1.807) is 43.8 Å². The second kappa shape index (κ2) is 9.64. The van der Waals surface area contributed by atoms with Crippen LogP contribution in [0.4, 0.5) is 0 Å². The lowest BCUT2D eigenvalue weighted by molar-refractivity contribution is 0.0988. The van der Waals surface area contributed by atoms with E-state index >= 15 is 0 Å². The summed E-state index contributed by atoms with van der Waals surface area (Å²) in [6.07, 6.45) is 4.43. The minimum atomic E-state index is -0.790. The summed E-state index contributed by atoms with van der Waals surface area (Å²) in [6.45, 7) is 0.221. The van der Waals surface area contributed by atoms with E-state index in [0.29, 0.717) is 11.5 Å². The first-order chi connectivity index (χ1) is 14.0. The van der Waals surface area contributed by atoms with Crippen LogP contribution in [0.5, 0.6) is 29.1 Å². The van der Waals surface area contributed by atoms with Crippen molar-refractivity contribution < 1.29 is 23.7 Å². The van der Waals surface area contributed by atoms with E-state index in [4.69, 9.17) is 24.7 Å². The Kier molecular flexibility index (Phi) is 6.74. The van der Waals surface area contributed by atoms with Gasteiger partial charge in [-0.3, -0.25) is 4.79 Å². The van der Waals surface area contributed by atoms with E-state index in [9.17, 15) is 4.79 Å². The Morgan fingerprint density at radius 3 is 2.52 bits per heavy atom. The van der Waals surface area contributed by atoms with Crippen LogP contribution in [0.15, 0.2) is 47.3 Å². The number of rotatable bonds is 9. The number of ether oxygens (including phenoxy) is 4. The highest BCUT2D eigenvalue weighted by molar-refractivity contribution is 9.10. The fourth-order valence-corrected chi connectivity index (χ4v) is 2.29. The van der Waals surface area contributed by atoms with Crippen molar-refractivity contribution in [2.45, 2.75) is 0 Å². The minimum Gasteiger partial charge on any atom is -0.497 e. The summed E-state index contributed by atoms with van der Waals surface area (Å²) >= 11 is 3.24. The first-order valence-corrected chi connectivity index (χ1v) is 9.06. The van der Waals surface area contributed by atoms with Crippen LogP contribution in [0.1, 0.15) is 10.6 Å². The molecule has 1 aromatic carbocycles. The quantitative estimate of drug-likeness (QED) is 0.476. The molecule has 0 aliphatic carbocycles. The SMILES string of the molecule is COc1cccc(Oc2cnc(C(N)=O)nc2OCCOc2ncc(Br)cn2)c1. The number of hydrogen-bond donors (Lipinski definition) is 1. The standard InChI is InChI=1S/C18H16BrN5O5/c1-26-12-3-2-4-13(7-12)29-14-10-21-16(15(20)25)24-17(14)27-5-6-28-18-22-8-11(19)9-23-18/h2-4,7-10H,5-6H2,1H3,(H2,20,25). The predicted molar refractivity (Wildman–Crippen MR) is 104 cm³/mol. The van der Waals surface area contributed by atoms with Gasteiger partial charge in [0, 0.05) is 18.5 Å². The molecule has 0 aliphatic heterocycles. The molecule has 2 aromatic heterocycles. The molecule has 0 bridgehead atoms. The molecule has 0 fully saturated rings. The summed E-state index contributed by atoms with van der Waals surface area (Å²) in [5.74, 6) is 0.337. The van der Waals surface area contributed by atoms with Crippen molar-refractivity contribution in [2.75, 3.05) is 20.3 Å². The largest absolute Gasteiger partial charge is 0.497 e. The molecule has 11 heteroatoms. The van der Waals surface area contributed by atoms with Crippen molar-refractivity contribution in [1.82, 2.24) is 19.9 Å². The number of carbonyl (C=O) groups excluding carboxylic acids is 1. The second-order valence-electron chi connectivity index (χ2n) is 5.39. The van der Waals surface area contributed by atoms with Crippen molar-refractivity contribution >= 4 is 21.8 Å². The van der Waals surface area contributed by atoms with E-state index in [2.05, 4.69) is 35.9 Å². The number of nitrogens with zero attached hydrogens (tertiary/aromatic N) is 4. The lowest BCUT2D eigenvalue weighted by Crippen LogP contribution is -2.17. The highest BCUT2D eigenvalue weighted by atomic mass is 79.9. The summed E-state index contributed by atoms with van der Waals surface area (Å²) in [5.41, 5.74) is 5.24. The first kappa shape index (κ1) is 20.3. The van der Waals surface area contributed by atoms with Gasteiger partial charge in [0.2, 0.25) is 11.6 Å². The number of nitrogens with two attached hydrogens (primary N) is 1. The molecule has 0 spiro atoms. The summed E-state index contributed by atoms with van der Waals surface area (Å²) in [7, 11) is 1.55. The van der Waals surface area contributed by atoms with Gasteiger partial charge < -0.3 is 24.7 Å². The van der Waals surface area contributed by atoms with Gasteiger partial charge in [0.15, 0.2) is 0 Å². The fraction of sp³-hybridized carbons (Fsp3) is 0.167. The number of methoxy groups -OCH3 is 1. The Bertz CT molecular complexity index is 987. The van der Waals surface area contributed by atoms with E-state index in [0.717, 1.165) is 4.47 Å². The zero-order chi connectivity index (χ0) is 20.6. The third kappa shape index (κ3) is 5.75. The van der Waals surface area contributed by atoms with Gasteiger partial charge in [-0.25, -0.2) is 15.0 Å². The third-order valence-corrected chi connectivity index (χ3v) is 3.77. The molecule has 3 rings (SSSR count). The first-order valence-electron chi connectivity index (χ1n) is 8.27. The zero-order valence-electron chi connectivity index (χ0n) is 15.2. The number of halogens is 1. The summed E-state index contributed by atoms with van der Waals surface area (Å²) in [5, 5.41) is 0. The number of primary amides is 1. The molecule has 0 saturated heterocycles. The molecule has 3 aromatic rings. The van der Waals surface area contributed by atoms with Crippen LogP contribution in [-0.2, 0) is 0 Å². The fourth-order valence-electron chi connectivity index (χ4n) is 2.09. The van der Waals surface area contributed by atoms with E-state index in [1.807, 2.05) is 0 Å². The summed E-state index contributed by atoms with van der Waals surface area (Å²) in [4.78, 5) is 27.3. The summed E-state index contributed by atoms with van der Waals surface area (Å²) < 4.78 is 22.7. The van der Waals surface area contributed by atoms with Gasteiger partial charge in [-0.15, -0.1) is 0 Å². The molecule has 0 atom stereocenters. The lowest BCUT2D eigenvalue weighted by atomic mass is 10.3. The molecule has 2 heterocycles. The van der Waals surface area contributed by atoms with E-state index < -0.39 is 5.91 Å². The smallest absolute Gasteiger partial charge is 0.316 e. The number of amides is 1. The molecule has 10 nitrogen and oxygen atoms in total. The highest BCUT2D eigenvalue weighted by Gasteiger charge is 2.15. The van der Waals surface area contributed by atoms with Gasteiger partial charge in [0.25, 0.3) is 11.8 Å². The van der Waals surface area contributed by atoms with Crippen molar-refractivity contribution in [3.63, 3.8) is 0 Å². The number of hydrogen-bond acceptors (Lipinski definition) is 9. The molecule has 0 radical (unpaired) electrons. The van der Waals surface area contributed by atoms with Gasteiger partial charge in [-0.05, 0) is 28.1 Å². The van der Waals surface area contributed by atoms with Crippen LogP contribution < -0.4 is 24.7 Å². The van der Waals surface area contributed by atoms with Crippen LogP contribution in [0.3, 0.4) is 0 Å². The average Bonchev–Trinajstić information content (AvgIpc) is 2.73. The molecule has 0 unspecified atom stereocenters. The van der Waals surface area contributed by atoms with Gasteiger partial charge in [0.1, 0.15) is 24.7 Å². The van der Waals surface area contributed by atoms with Crippen molar-refractivity contribution in [2.24, 2.45) is 5.73 Å². The Morgan fingerprint density at radius 2 is 1.79 bits per heavy atom. The average molecular weight is 462 g/mol. The molecular formula is C18H16BrN5O5. The van der Waals surface area contributed by atoms with Crippen LogP contribution in [0, 0.1) is 0 Å². The monoisotopic (exact) mass is 461 g/mol. The number of aromatic nitrogens is 4. The Balaban J connectivity index is 1.69. The molecular weight excluding hydrogens is 446 g/mol.